The highest BCUT2D eigenvalue weighted by atomic mass is 35.5. The van der Waals surface area contributed by atoms with Crippen molar-refractivity contribution in [2.75, 3.05) is 0 Å². The number of halogens is 4. The van der Waals surface area contributed by atoms with E-state index in [9.17, 15) is 18.0 Å². The van der Waals surface area contributed by atoms with Crippen LogP contribution in [-0.2, 0) is 17.5 Å². The molecule has 0 aromatic carbocycles. The number of amides is 1. The van der Waals surface area contributed by atoms with Crippen LogP contribution in [0.15, 0.2) is 5.38 Å². The minimum absolute atomic E-state index is 0. The first-order valence-electron chi connectivity index (χ1n) is 7.89. The molecule has 3 rings (SSSR count). The third-order valence-corrected chi connectivity index (χ3v) is 5.89. The number of carbonyl (C=O) groups is 1. The van der Waals surface area contributed by atoms with Crippen molar-refractivity contribution in [1.82, 2.24) is 10.3 Å². The van der Waals surface area contributed by atoms with Crippen LogP contribution in [0.4, 0.5) is 13.2 Å². The summed E-state index contributed by atoms with van der Waals surface area (Å²) in [6.45, 7) is 0.0530. The van der Waals surface area contributed by atoms with E-state index >= 15 is 0 Å². The number of fused-ring (bicyclic) bond motifs is 2. The van der Waals surface area contributed by atoms with E-state index in [0.29, 0.717) is 11.8 Å². The van der Waals surface area contributed by atoms with Crippen molar-refractivity contribution in [3.8, 4) is 0 Å². The predicted octanol–water partition coefficient (Wildman–Crippen LogP) is 3.35. The third-order valence-electron chi connectivity index (χ3n) is 5.04. The zero-order valence-electron chi connectivity index (χ0n) is 13.0. The summed E-state index contributed by atoms with van der Waals surface area (Å²) < 4.78 is 37.5. The number of rotatable bonds is 3. The molecule has 3 N–H and O–H groups in total. The molecule has 2 bridgehead atoms. The maximum atomic E-state index is 12.5. The van der Waals surface area contributed by atoms with E-state index in [4.69, 9.17) is 5.73 Å². The van der Waals surface area contributed by atoms with Crippen LogP contribution in [-0.4, -0.2) is 16.9 Å². The maximum absolute atomic E-state index is 12.5. The van der Waals surface area contributed by atoms with Gasteiger partial charge in [-0.25, -0.2) is 4.98 Å². The first-order chi connectivity index (χ1) is 10.8. The second-order valence-corrected chi connectivity index (χ2v) is 7.48. The van der Waals surface area contributed by atoms with E-state index in [1.165, 1.54) is 6.42 Å². The van der Waals surface area contributed by atoms with Gasteiger partial charge in [0, 0.05) is 17.3 Å². The second kappa shape index (κ2) is 7.58. The number of nitrogens with zero attached hydrogens (tertiary/aromatic N) is 1. The average molecular weight is 384 g/mol. The number of hydrogen-bond acceptors (Lipinski definition) is 4. The van der Waals surface area contributed by atoms with Crippen molar-refractivity contribution >= 4 is 29.7 Å². The van der Waals surface area contributed by atoms with Crippen molar-refractivity contribution in [3.63, 3.8) is 0 Å². The molecular formula is C15H21ClF3N3OS. The van der Waals surface area contributed by atoms with E-state index in [0.717, 1.165) is 42.4 Å². The lowest BCUT2D eigenvalue weighted by Gasteiger charge is -2.43. The summed E-state index contributed by atoms with van der Waals surface area (Å²) in [5.74, 6) is 0.634. The Morgan fingerprint density at radius 1 is 1.33 bits per heavy atom. The van der Waals surface area contributed by atoms with Gasteiger partial charge in [0.25, 0.3) is 0 Å². The minimum Gasteiger partial charge on any atom is -0.349 e. The number of thiazole rings is 1. The average Bonchev–Trinajstić information content (AvgIpc) is 2.93. The number of alkyl halides is 3. The van der Waals surface area contributed by atoms with E-state index < -0.39 is 11.9 Å². The van der Waals surface area contributed by atoms with Gasteiger partial charge < -0.3 is 11.1 Å². The molecule has 2 unspecified atom stereocenters. The van der Waals surface area contributed by atoms with E-state index in [2.05, 4.69) is 10.3 Å². The molecule has 0 aliphatic heterocycles. The number of nitrogens with one attached hydrogen (secondary N) is 1. The normalized spacial score (nSPS) is 29.7. The summed E-state index contributed by atoms with van der Waals surface area (Å²) in [6, 6.07) is 0.195. The Morgan fingerprint density at radius 2 is 1.96 bits per heavy atom. The summed E-state index contributed by atoms with van der Waals surface area (Å²) in [7, 11) is 0. The highest BCUT2D eigenvalue weighted by Gasteiger charge is 2.40. The van der Waals surface area contributed by atoms with Crippen LogP contribution in [0.1, 0.15) is 42.8 Å². The molecule has 4 nitrogen and oxygen atoms in total. The van der Waals surface area contributed by atoms with Gasteiger partial charge in [-0.3, -0.25) is 4.79 Å². The third kappa shape index (κ3) is 4.21. The second-order valence-electron chi connectivity index (χ2n) is 6.54. The Labute approximate surface area is 148 Å². The Balaban J connectivity index is 0.00000208. The molecule has 1 amide bonds. The van der Waals surface area contributed by atoms with Crippen molar-refractivity contribution in [2.24, 2.45) is 23.5 Å². The summed E-state index contributed by atoms with van der Waals surface area (Å²) in [5, 5.41) is 3.99. The molecule has 1 aromatic rings. The number of carbonyl (C=O) groups excluding carboxylic acids is 1. The standard InChI is InChI=1S/C15H20F3N3OS.ClH/c16-15(17,18)11-7-23-12(21-11)6-20-14(22)10-4-8-2-1-3-9(5-10)13(8)19;/h7-10,13H,1-6,19H2,(H,20,22);1H. The molecule has 9 heteroatoms. The van der Waals surface area contributed by atoms with Gasteiger partial charge in [-0.2, -0.15) is 13.2 Å². The molecule has 2 atom stereocenters. The van der Waals surface area contributed by atoms with Crippen molar-refractivity contribution < 1.29 is 18.0 Å². The van der Waals surface area contributed by atoms with Gasteiger partial charge in [0.05, 0.1) is 6.54 Å². The fraction of sp³-hybridized carbons (Fsp3) is 0.733. The fourth-order valence-corrected chi connectivity index (χ4v) is 4.57. The van der Waals surface area contributed by atoms with Crippen LogP contribution in [0, 0.1) is 17.8 Å². The molecule has 2 saturated carbocycles. The van der Waals surface area contributed by atoms with Gasteiger partial charge in [-0.1, -0.05) is 6.42 Å². The largest absolute Gasteiger partial charge is 0.434 e. The van der Waals surface area contributed by atoms with Crippen molar-refractivity contribution in [3.05, 3.63) is 16.1 Å². The lowest BCUT2D eigenvalue weighted by atomic mass is 9.65. The zero-order chi connectivity index (χ0) is 16.6. The maximum Gasteiger partial charge on any atom is 0.434 e. The monoisotopic (exact) mass is 383 g/mol. The van der Waals surface area contributed by atoms with Crippen LogP contribution >= 0.6 is 23.7 Å². The predicted molar refractivity (Wildman–Crippen MR) is 87.7 cm³/mol. The molecule has 1 heterocycles. The number of hydrogen-bond donors (Lipinski definition) is 2. The highest BCUT2D eigenvalue weighted by molar-refractivity contribution is 7.09. The first-order valence-corrected chi connectivity index (χ1v) is 8.77. The van der Waals surface area contributed by atoms with Crippen LogP contribution in [0.2, 0.25) is 0 Å². The van der Waals surface area contributed by atoms with Crippen molar-refractivity contribution in [2.45, 2.75) is 50.9 Å². The summed E-state index contributed by atoms with van der Waals surface area (Å²) in [4.78, 5) is 15.8. The molecule has 0 saturated heterocycles. The van der Waals surface area contributed by atoms with Crippen molar-refractivity contribution in [1.29, 1.82) is 0 Å². The Morgan fingerprint density at radius 3 is 2.50 bits per heavy atom. The quantitative estimate of drug-likeness (QED) is 0.841. The van der Waals surface area contributed by atoms with Crippen LogP contribution in [0.25, 0.3) is 0 Å². The van der Waals surface area contributed by atoms with E-state index in [-0.39, 0.29) is 41.8 Å². The molecule has 0 radical (unpaired) electrons. The van der Waals surface area contributed by atoms with Gasteiger partial charge in [0.2, 0.25) is 5.91 Å². The summed E-state index contributed by atoms with van der Waals surface area (Å²) >= 11 is 0.916. The van der Waals surface area contributed by atoms with E-state index in [1.807, 2.05) is 0 Å². The van der Waals surface area contributed by atoms with E-state index in [1.54, 1.807) is 0 Å². The number of aromatic nitrogens is 1. The SMILES string of the molecule is Cl.NC1C2CCCC1CC(C(=O)NCc1nc(C(F)(F)F)cs1)C2. The minimum atomic E-state index is -4.43. The van der Waals surface area contributed by atoms with Crippen LogP contribution in [0.5, 0.6) is 0 Å². The molecule has 2 aliphatic carbocycles. The van der Waals surface area contributed by atoms with Gasteiger partial charge in [-0.05, 0) is 37.5 Å². The topological polar surface area (TPSA) is 68.0 Å². The number of nitrogens with two attached hydrogens (primary N) is 1. The zero-order valence-corrected chi connectivity index (χ0v) is 14.6. The van der Waals surface area contributed by atoms with Gasteiger partial charge in [0.15, 0.2) is 5.69 Å². The molecule has 24 heavy (non-hydrogen) atoms. The molecular weight excluding hydrogens is 363 g/mol. The van der Waals surface area contributed by atoms with Crippen LogP contribution in [0.3, 0.4) is 0 Å². The van der Waals surface area contributed by atoms with Gasteiger partial charge in [0.1, 0.15) is 5.01 Å². The molecule has 2 aliphatic rings. The fourth-order valence-electron chi connectivity index (χ4n) is 3.83. The molecule has 0 spiro atoms. The summed E-state index contributed by atoms with van der Waals surface area (Å²) in [6.07, 6.45) is 0.461. The Kier molecular flexibility index (Phi) is 6.14. The molecule has 136 valence electrons. The highest BCUT2D eigenvalue weighted by Crippen LogP contribution is 2.41. The smallest absolute Gasteiger partial charge is 0.349 e. The lowest BCUT2D eigenvalue weighted by molar-refractivity contribution is -0.140. The summed E-state index contributed by atoms with van der Waals surface area (Å²) in [5.41, 5.74) is 5.31. The van der Waals surface area contributed by atoms with Gasteiger partial charge in [-0.15, -0.1) is 23.7 Å². The Hall–Kier alpha value is -0.860. The molecule has 2 fully saturated rings. The van der Waals surface area contributed by atoms with Gasteiger partial charge >= 0.3 is 6.18 Å². The van der Waals surface area contributed by atoms with Crippen LogP contribution < -0.4 is 11.1 Å². The Bertz CT molecular complexity index is 567. The molecule has 1 aromatic heterocycles. The lowest BCUT2D eigenvalue weighted by Crippen LogP contribution is -2.49. The first kappa shape index (κ1) is 19.5.